The molecule has 180 valence electrons. The smallest absolute Gasteiger partial charge is 0.248 e. The Morgan fingerprint density at radius 1 is 1.33 bits per heavy atom. The van der Waals surface area contributed by atoms with Crippen LogP contribution < -0.4 is 0 Å². The van der Waals surface area contributed by atoms with Gasteiger partial charge in [0.1, 0.15) is 6.61 Å². The van der Waals surface area contributed by atoms with Gasteiger partial charge in [-0.05, 0) is 43.6 Å². The number of aliphatic hydroxyl groups excluding tert-OH is 2. The lowest BCUT2D eigenvalue weighted by atomic mass is 9.88. The van der Waals surface area contributed by atoms with Crippen LogP contribution >= 0.6 is 0 Å². The molecule has 0 radical (unpaired) electrons. The Labute approximate surface area is 196 Å². The lowest BCUT2D eigenvalue weighted by Gasteiger charge is -2.26. The molecule has 6 heteroatoms. The van der Waals surface area contributed by atoms with Crippen molar-refractivity contribution in [1.82, 2.24) is 4.90 Å². The molecular weight excluding hydrogens is 418 g/mol. The molecule has 1 saturated carbocycles. The molecule has 5 atom stereocenters. The summed E-state index contributed by atoms with van der Waals surface area (Å²) in [5.41, 5.74) is 3.67. The number of carbonyl (C=O) groups is 1. The number of benzene rings is 1. The third kappa shape index (κ3) is 6.54. The van der Waals surface area contributed by atoms with E-state index in [-0.39, 0.29) is 24.5 Å². The van der Waals surface area contributed by atoms with Gasteiger partial charge in [-0.15, -0.1) is 0 Å². The molecule has 2 N–H and O–H groups in total. The van der Waals surface area contributed by atoms with Crippen LogP contribution in [0.4, 0.5) is 0 Å². The van der Waals surface area contributed by atoms with Crippen LogP contribution in [0.25, 0.3) is 0 Å². The summed E-state index contributed by atoms with van der Waals surface area (Å²) in [5, 5.41) is 21.1. The zero-order valence-electron chi connectivity index (χ0n) is 19.6. The van der Waals surface area contributed by atoms with Gasteiger partial charge in [0.2, 0.25) is 5.91 Å². The minimum atomic E-state index is -0.552. The molecule has 0 unspecified atom stereocenters. The Bertz CT molecular complexity index is 860. The van der Waals surface area contributed by atoms with E-state index in [2.05, 4.69) is 25.1 Å². The molecule has 0 bridgehead atoms. The van der Waals surface area contributed by atoms with Gasteiger partial charge in [-0.1, -0.05) is 53.6 Å². The Morgan fingerprint density at radius 2 is 2.15 bits per heavy atom. The summed E-state index contributed by atoms with van der Waals surface area (Å²) in [6, 6.07) is 8.20. The van der Waals surface area contributed by atoms with Crippen LogP contribution in [0.3, 0.4) is 0 Å². The number of fused-ring (bicyclic) bond motifs is 1. The summed E-state index contributed by atoms with van der Waals surface area (Å²) in [7, 11) is 0. The Kier molecular flexibility index (Phi) is 8.36. The molecule has 1 aromatic rings. The van der Waals surface area contributed by atoms with E-state index in [0.717, 1.165) is 24.8 Å². The van der Waals surface area contributed by atoms with E-state index >= 15 is 0 Å². The van der Waals surface area contributed by atoms with Crippen molar-refractivity contribution in [2.75, 3.05) is 39.5 Å². The van der Waals surface area contributed by atoms with Crippen molar-refractivity contribution in [3.8, 4) is 0 Å². The average Bonchev–Trinajstić information content (AvgIpc) is 3.32. The molecule has 2 aliphatic carbocycles. The Hall–Kier alpha value is -1.99. The first-order valence-electron chi connectivity index (χ1n) is 12.2. The number of allylic oxidation sites excluding steroid dienone is 1. The van der Waals surface area contributed by atoms with Gasteiger partial charge in [0, 0.05) is 25.4 Å². The first-order chi connectivity index (χ1) is 16.0. The predicted octanol–water partition coefficient (Wildman–Crippen LogP) is 2.66. The standard InChI is InChI=1S/C27H37NO5/c1-19-3-2-4-20(13-19)15-23(29)5-6-24-25-16-21(14-22(25)17-26(24)30)7-10-33-18-27(31)28-8-11-32-12-9-28/h2-6,13-14,22-26,29-30H,7-12,15-18H2,1H3/t22-,23-,24+,25-,26+/m0/s1. The number of aryl methyl sites for hydroxylation is 1. The van der Waals surface area contributed by atoms with Crippen LogP contribution in [0.1, 0.15) is 30.4 Å². The number of aliphatic hydroxyl groups is 2. The van der Waals surface area contributed by atoms with Crippen LogP contribution in [0, 0.1) is 24.7 Å². The van der Waals surface area contributed by atoms with Crippen LogP contribution in [-0.4, -0.2) is 72.7 Å². The fourth-order valence-corrected chi connectivity index (χ4v) is 5.46. The van der Waals surface area contributed by atoms with Crippen molar-refractivity contribution in [3.05, 3.63) is 59.2 Å². The van der Waals surface area contributed by atoms with Gasteiger partial charge in [-0.25, -0.2) is 0 Å². The highest BCUT2D eigenvalue weighted by Crippen LogP contribution is 2.47. The van der Waals surface area contributed by atoms with E-state index < -0.39 is 6.10 Å². The lowest BCUT2D eigenvalue weighted by molar-refractivity contribution is -0.140. The molecule has 2 fully saturated rings. The predicted molar refractivity (Wildman–Crippen MR) is 127 cm³/mol. The molecule has 3 aliphatic rings. The van der Waals surface area contributed by atoms with Gasteiger partial charge < -0.3 is 24.6 Å². The second kappa shape index (κ2) is 11.4. The molecule has 1 saturated heterocycles. The molecule has 33 heavy (non-hydrogen) atoms. The van der Waals surface area contributed by atoms with Crippen LogP contribution in [0.15, 0.2) is 48.1 Å². The largest absolute Gasteiger partial charge is 0.392 e. The molecule has 1 heterocycles. The highest BCUT2D eigenvalue weighted by atomic mass is 16.5. The quantitative estimate of drug-likeness (QED) is 0.442. The molecule has 1 amide bonds. The van der Waals surface area contributed by atoms with Gasteiger partial charge in [0.05, 0.1) is 32.0 Å². The molecule has 1 aromatic carbocycles. The summed E-state index contributed by atoms with van der Waals surface area (Å²) in [6.07, 6.45) is 8.41. The maximum Gasteiger partial charge on any atom is 0.248 e. The Morgan fingerprint density at radius 3 is 2.94 bits per heavy atom. The zero-order chi connectivity index (χ0) is 23.2. The molecular formula is C27H37NO5. The molecule has 0 aromatic heterocycles. The summed E-state index contributed by atoms with van der Waals surface area (Å²) in [6.45, 7) is 5.22. The van der Waals surface area contributed by atoms with Crippen LogP contribution in [0.2, 0.25) is 0 Å². The van der Waals surface area contributed by atoms with Gasteiger partial charge in [0.25, 0.3) is 0 Å². The maximum atomic E-state index is 12.2. The fraction of sp³-hybridized carbons (Fsp3) is 0.593. The molecule has 0 spiro atoms. The maximum absolute atomic E-state index is 12.2. The van der Waals surface area contributed by atoms with Crippen molar-refractivity contribution in [2.24, 2.45) is 17.8 Å². The fourth-order valence-electron chi connectivity index (χ4n) is 5.46. The first kappa shape index (κ1) is 24.1. The summed E-state index contributed by atoms with van der Waals surface area (Å²) < 4.78 is 10.9. The van der Waals surface area contributed by atoms with Gasteiger partial charge in [0.15, 0.2) is 0 Å². The van der Waals surface area contributed by atoms with Crippen LogP contribution in [-0.2, 0) is 20.7 Å². The Balaban J connectivity index is 1.21. The summed E-state index contributed by atoms with van der Waals surface area (Å²) >= 11 is 0. The number of amides is 1. The number of carbonyl (C=O) groups excluding carboxylic acids is 1. The number of nitrogens with zero attached hydrogens (tertiary/aromatic N) is 1. The van der Waals surface area contributed by atoms with Crippen molar-refractivity contribution in [3.63, 3.8) is 0 Å². The van der Waals surface area contributed by atoms with Crippen molar-refractivity contribution in [1.29, 1.82) is 0 Å². The van der Waals surface area contributed by atoms with Crippen molar-refractivity contribution in [2.45, 2.75) is 44.8 Å². The van der Waals surface area contributed by atoms with E-state index in [1.54, 1.807) is 4.90 Å². The average molecular weight is 456 g/mol. The van der Waals surface area contributed by atoms with Gasteiger partial charge in [-0.3, -0.25) is 4.79 Å². The monoisotopic (exact) mass is 455 g/mol. The highest BCUT2D eigenvalue weighted by Gasteiger charge is 2.43. The highest BCUT2D eigenvalue weighted by molar-refractivity contribution is 5.77. The number of hydrogen-bond acceptors (Lipinski definition) is 5. The first-order valence-corrected chi connectivity index (χ1v) is 12.2. The normalized spacial score (nSPS) is 28.2. The van der Waals surface area contributed by atoms with E-state index in [4.69, 9.17) is 9.47 Å². The second-order valence-electron chi connectivity index (χ2n) is 9.68. The van der Waals surface area contributed by atoms with E-state index in [9.17, 15) is 15.0 Å². The molecule has 1 aliphatic heterocycles. The van der Waals surface area contributed by atoms with Gasteiger partial charge in [-0.2, -0.15) is 0 Å². The van der Waals surface area contributed by atoms with Crippen molar-refractivity contribution < 1.29 is 24.5 Å². The molecule has 6 nitrogen and oxygen atoms in total. The van der Waals surface area contributed by atoms with Crippen molar-refractivity contribution >= 4 is 5.91 Å². The van der Waals surface area contributed by atoms with Crippen LogP contribution in [0.5, 0.6) is 0 Å². The zero-order valence-corrected chi connectivity index (χ0v) is 19.6. The lowest BCUT2D eigenvalue weighted by Crippen LogP contribution is -2.42. The minimum absolute atomic E-state index is 0.0353. The number of hydrogen-bond donors (Lipinski definition) is 2. The summed E-state index contributed by atoms with van der Waals surface area (Å²) in [5.74, 6) is 0.869. The van der Waals surface area contributed by atoms with E-state index in [1.807, 2.05) is 24.3 Å². The SMILES string of the molecule is Cc1cccc(C[C@@H](O)C=C[C@@H]2[C@H]3CC(CCOCC(=O)N4CCOCC4)=C[C@H]3C[C@H]2O)c1. The van der Waals surface area contributed by atoms with E-state index in [1.165, 1.54) is 11.1 Å². The summed E-state index contributed by atoms with van der Waals surface area (Å²) in [4.78, 5) is 14.0. The number of morpholine rings is 1. The second-order valence-corrected chi connectivity index (χ2v) is 9.68. The van der Waals surface area contributed by atoms with Gasteiger partial charge >= 0.3 is 0 Å². The third-order valence-electron chi connectivity index (χ3n) is 7.19. The minimum Gasteiger partial charge on any atom is -0.392 e. The number of rotatable bonds is 9. The number of ether oxygens (including phenoxy) is 2. The third-order valence-corrected chi connectivity index (χ3v) is 7.19. The molecule has 4 rings (SSSR count). The topological polar surface area (TPSA) is 79.2 Å². The van der Waals surface area contributed by atoms with E-state index in [0.29, 0.717) is 51.2 Å².